The molecule has 4 rings (SSSR count). The van der Waals surface area contributed by atoms with Crippen LogP contribution in [-0.2, 0) is 13.6 Å². The number of H-pyrrole nitrogens is 1. The zero-order valence-electron chi connectivity index (χ0n) is 19.3. The Morgan fingerprint density at radius 3 is 2.64 bits per heavy atom. The third-order valence-electron chi connectivity index (χ3n) is 5.69. The minimum atomic E-state index is -0.299. The first-order chi connectivity index (χ1) is 15.8. The molecule has 0 fully saturated rings. The van der Waals surface area contributed by atoms with Crippen molar-refractivity contribution in [2.45, 2.75) is 20.4 Å². The van der Waals surface area contributed by atoms with E-state index in [0.29, 0.717) is 33.7 Å². The van der Waals surface area contributed by atoms with E-state index in [4.69, 9.17) is 9.47 Å². The molecule has 0 aliphatic carbocycles. The van der Waals surface area contributed by atoms with Crippen LogP contribution in [0.5, 0.6) is 11.5 Å². The van der Waals surface area contributed by atoms with Gasteiger partial charge in [-0.05, 0) is 49.2 Å². The maximum absolute atomic E-state index is 13.3. The molecule has 4 aromatic rings. The number of rotatable bonds is 6. The molecule has 2 aromatic carbocycles. The molecule has 0 saturated heterocycles. The first-order valence-electron chi connectivity index (χ1n) is 10.5. The van der Waals surface area contributed by atoms with E-state index < -0.39 is 0 Å². The summed E-state index contributed by atoms with van der Waals surface area (Å²) in [5.41, 5.74) is 5.32. The number of methoxy groups -OCH3 is 2. The number of nitrogens with one attached hydrogen (secondary N) is 2. The molecule has 8 nitrogen and oxygen atoms in total. The fourth-order valence-corrected chi connectivity index (χ4v) is 4.10. The lowest BCUT2D eigenvalue weighted by Gasteiger charge is -2.15. The molecule has 0 aliphatic rings. The van der Waals surface area contributed by atoms with E-state index in [1.807, 2.05) is 57.3 Å². The predicted molar refractivity (Wildman–Crippen MR) is 127 cm³/mol. The lowest BCUT2D eigenvalue weighted by atomic mass is 9.99. The van der Waals surface area contributed by atoms with Crippen molar-refractivity contribution in [2.75, 3.05) is 14.2 Å². The molecular formula is C25H26N4O4. The zero-order chi connectivity index (χ0) is 23.7. The van der Waals surface area contributed by atoms with Crippen molar-refractivity contribution in [1.82, 2.24) is 19.9 Å². The standard InChI is InChI=1S/C25H26N4O4/c1-14-9-15(2)28-25(31)19(14)12-26-24(30)18-10-16(11-20-22(18)29(3)13-27-20)17-7-6-8-21(32-4)23(17)33-5/h6-11,13H,12H2,1-5H3,(H,26,30)(H,28,31). The Balaban J connectivity index is 1.78. The SMILES string of the molecule is COc1cccc(-c2cc(C(=O)NCc3c(C)cc(C)[nH]c3=O)c3c(c2)ncn3C)c1OC. The van der Waals surface area contributed by atoms with Crippen LogP contribution in [0.1, 0.15) is 27.2 Å². The van der Waals surface area contributed by atoms with Crippen LogP contribution in [-0.4, -0.2) is 34.7 Å². The van der Waals surface area contributed by atoms with Crippen LogP contribution in [0.4, 0.5) is 0 Å². The molecule has 170 valence electrons. The number of carbonyl (C=O) groups is 1. The Kier molecular flexibility index (Phi) is 5.91. The summed E-state index contributed by atoms with van der Waals surface area (Å²) in [5, 5.41) is 2.90. The molecule has 0 saturated carbocycles. The van der Waals surface area contributed by atoms with Gasteiger partial charge in [-0.2, -0.15) is 0 Å². The van der Waals surface area contributed by atoms with Gasteiger partial charge in [-0.1, -0.05) is 12.1 Å². The molecule has 0 atom stereocenters. The largest absolute Gasteiger partial charge is 0.493 e. The number of aromatic nitrogens is 3. The maximum atomic E-state index is 13.3. The van der Waals surface area contributed by atoms with E-state index in [-0.39, 0.29) is 18.0 Å². The van der Waals surface area contributed by atoms with Crippen LogP contribution < -0.4 is 20.3 Å². The van der Waals surface area contributed by atoms with Crippen molar-refractivity contribution >= 4 is 16.9 Å². The van der Waals surface area contributed by atoms with E-state index in [2.05, 4.69) is 15.3 Å². The van der Waals surface area contributed by atoms with Gasteiger partial charge in [0, 0.05) is 30.4 Å². The molecule has 1 amide bonds. The summed E-state index contributed by atoms with van der Waals surface area (Å²) in [6, 6.07) is 11.2. The second-order valence-corrected chi connectivity index (χ2v) is 7.91. The van der Waals surface area contributed by atoms with Crippen molar-refractivity contribution in [3.05, 3.63) is 75.5 Å². The monoisotopic (exact) mass is 446 g/mol. The smallest absolute Gasteiger partial charge is 0.253 e. The highest BCUT2D eigenvalue weighted by atomic mass is 16.5. The molecule has 2 aromatic heterocycles. The summed E-state index contributed by atoms with van der Waals surface area (Å²) in [4.78, 5) is 32.9. The van der Waals surface area contributed by atoms with Crippen LogP contribution in [0.3, 0.4) is 0 Å². The van der Waals surface area contributed by atoms with Crippen LogP contribution in [0.25, 0.3) is 22.2 Å². The number of fused-ring (bicyclic) bond motifs is 1. The summed E-state index contributed by atoms with van der Waals surface area (Å²) < 4.78 is 12.8. The number of ether oxygens (including phenoxy) is 2. The van der Waals surface area contributed by atoms with Gasteiger partial charge in [0.25, 0.3) is 11.5 Å². The van der Waals surface area contributed by atoms with Crippen molar-refractivity contribution in [3.63, 3.8) is 0 Å². The lowest BCUT2D eigenvalue weighted by Crippen LogP contribution is -2.28. The molecule has 2 N–H and O–H groups in total. The average molecular weight is 447 g/mol. The summed E-state index contributed by atoms with van der Waals surface area (Å²) in [7, 11) is 5.00. The summed E-state index contributed by atoms with van der Waals surface area (Å²) in [6.07, 6.45) is 1.67. The molecule has 0 bridgehead atoms. The number of hydrogen-bond donors (Lipinski definition) is 2. The van der Waals surface area contributed by atoms with Gasteiger partial charge in [0.1, 0.15) is 0 Å². The van der Waals surface area contributed by atoms with Gasteiger partial charge in [-0.15, -0.1) is 0 Å². The molecule has 0 aliphatic heterocycles. The molecule has 33 heavy (non-hydrogen) atoms. The Morgan fingerprint density at radius 1 is 1.15 bits per heavy atom. The minimum absolute atomic E-state index is 0.117. The Labute approximate surface area is 191 Å². The molecule has 8 heteroatoms. The van der Waals surface area contributed by atoms with Gasteiger partial charge in [-0.25, -0.2) is 4.98 Å². The number of hydrogen-bond acceptors (Lipinski definition) is 5. The lowest BCUT2D eigenvalue weighted by molar-refractivity contribution is 0.0952. The van der Waals surface area contributed by atoms with E-state index in [1.165, 1.54) is 0 Å². The van der Waals surface area contributed by atoms with Crippen LogP contribution in [0.15, 0.2) is 47.5 Å². The van der Waals surface area contributed by atoms with Gasteiger partial charge in [-0.3, -0.25) is 9.59 Å². The van der Waals surface area contributed by atoms with E-state index in [9.17, 15) is 9.59 Å². The van der Waals surface area contributed by atoms with Crippen molar-refractivity contribution in [1.29, 1.82) is 0 Å². The third kappa shape index (κ3) is 4.07. The van der Waals surface area contributed by atoms with E-state index in [0.717, 1.165) is 22.4 Å². The van der Waals surface area contributed by atoms with Gasteiger partial charge in [0.15, 0.2) is 11.5 Å². The number of carbonyl (C=O) groups excluding carboxylic acids is 1. The number of para-hydroxylation sites is 1. The van der Waals surface area contributed by atoms with Gasteiger partial charge < -0.3 is 24.3 Å². The number of aryl methyl sites for hydroxylation is 3. The van der Waals surface area contributed by atoms with Gasteiger partial charge in [0.2, 0.25) is 0 Å². The second-order valence-electron chi connectivity index (χ2n) is 7.91. The quantitative estimate of drug-likeness (QED) is 0.472. The fourth-order valence-electron chi connectivity index (χ4n) is 4.10. The van der Waals surface area contributed by atoms with Crippen molar-refractivity contribution in [3.8, 4) is 22.6 Å². The zero-order valence-corrected chi connectivity index (χ0v) is 19.3. The fraction of sp³-hybridized carbons (Fsp3) is 0.240. The van der Waals surface area contributed by atoms with Crippen molar-refractivity contribution < 1.29 is 14.3 Å². The average Bonchev–Trinajstić information content (AvgIpc) is 3.17. The number of pyridine rings is 1. The third-order valence-corrected chi connectivity index (χ3v) is 5.69. The topological polar surface area (TPSA) is 98.2 Å². The number of amides is 1. The van der Waals surface area contributed by atoms with E-state index in [1.54, 1.807) is 25.1 Å². The highest BCUT2D eigenvalue weighted by molar-refractivity contribution is 6.07. The molecule has 0 unspecified atom stereocenters. The second kappa shape index (κ2) is 8.82. The summed E-state index contributed by atoms with van der Waals surface area (Å²) in [6.45, 7) is 3.80. The van der Waals surface area contributed by atoms with Crippen LogP contribution >= 0.6 is 0 Å². The highest BCUT2D eigenvalue weighted by Crippen LogP contribution is 2.39. The van der Waals surface area contributed by atoms with E-state index >= 15 is 0 Å². The number of nitrogens with zero attached hydrogens (tertiary/aromatic N) is 2. The Bertz CT molecular complexity index is 1420. The predicted octanol–water partition coefficient (Wildman–Crippen LogP) is 3.49. The number of benzene rings is 2. The first-order valence-corrected chi connectivity index (χ1v) is 10.5. The summed E-state index contributed by atoms with van der Waals surface area (Å²) in [5.74, 6) is 0.867. The molecule has 0 spiro atoms. The number of aromatic amines is 1. The molecular weight excluding hydrogens is 420 g/mol. The number of imidazole rings is 1. The highest BCUT2D eigenvalue weighted by Gasteiger charge is 2.19. The minimum Gasteiger partial charge on any atom is -0.493 e. The molecule has 0 radical (unpaired) electrons. The molecule has 2 heterocycles. The normalized spacial score (nSPS) is 10.9. The van der Waals surface area contributed by atoms with Gasteiger partial charge in [0.05, 0.1) is 37.1 Å². The Morgan fingerprint density at radius 2 is 1.94 bits per heavy atom. The first kappa shape index (κ1) is 22.1. The van der Waals surface area contributed by atoms with Crippen LogP contribution in [0.2, 0.25) is 0 Å². The van der Waals surface area contributed by atoms with Crippen LogP contribution in [0, 0.1) is 13.8 Å². The van der Waals surface area contributed by atoms with Gasteiger partial charge >= 0.3 is 0 Å². The van der Waals surface area contributed by atoms with Crippen molar-refractivity contribution in [2.24, 2.45) is 7.05 Å². The Hall–Kier alpha value is -4.07. The summed E-state index contributed by atoms with van der Waals surface area (Å²) >= 11 is 0. The maximum Gasteiger partial charge on any atom is 0.253 e.